The third-order valence-corrected chi connectivity index (χ3v) is 3.45. The van der Waals surface area contributed by atoms with Gasteiger partial charge in [0.15, 0.2) is 11.5 Å². The number of phenolic OH excluding ortho intramolecular Hbond substituents is 1. The van der Waals surface area contributed by atoms with Crippen LogP contribution < -0.4 is 4.74 Å². The monoisotopic (exact) mass is 263 g/mol. The number of ether oxygens (including phenoxy) is 1. The van der Waals surface area contributed by atoms with Gasteiger partial charge in [0.1, 0.15) is 0 Å². The molecule has 104 valence electrons. The lowest BCUT2D eigenvalue weighted by molar-refractivity contribution is 0.174. The van der Waals surface area contributed by atoms with Crippen LogP contribution in [-0.2, 0) is 13.0 Å². The molecule has 0 saturated carbocycles. The van der Waals surface area contributed by atoms with Crippen molar-refractivity contribution < 1.29 is 14.9 Å². The van der Waals surface area contributed by atoms with E-state index in [0.29, 0.717) is 18.7 Å². The fourth-order valence-corrected chi connectivity index (χ4v) is 2.50. The average Bonchev–Trinajstić information content (AvgIpc) is 2.79. The number of likely N-dealkylation sites (tertiary alicyclic amines) is 1. The van der Waals surface area contributed by atoms with Gasteiger partial charge in [-0.15, -0.1) is 6.58 Å². The Morgan fingerprint density at radius 3 is 2.89 bits per heavy atom. The number of β-amino-alcohol motifs (C(OH)–C–C–N with tert-alkyl or cyclic N) is 1. The van der Waals surface area contributed by atoms with E-state index >= 15 is 0 Å². The zero-order chi connectivity index (χ0) is 13.8. The van der Waals surface area contributed by atoms with E-state index in [4.69, 9.17) is 4.74 Å². The van der Waals surface area contributed by atoms with Crippen molar-refractivity contribution in [1.82, 2.24) is 4.90 Å². The summed E-state index contributed by atoms with van der Waals surface area (Å²) in [7, 11) is 1.55. The lowest BCUT2D eigenvalue weighted by Gasteiger charge is -2.17. The Bertz CT molecular complexity index is 459. The molecule has 0 amide bonds. The van der Waals surface area contributed by atoms with E-state index in [1.165, 1.54) is 0 Å². The third-order valence-electron chi connectivity index (χ3n) is 3.45. The molecule has 1 atom stereocenters. The minimum absolute atomic E-state index is 0.188. The van der Waals surface area contributed by atoms with Gasteiger partial charge in [0.25, 0.3) is 0 Å². The molecule has 2 N–H and O–H groups in total. The molecule has 1 aromatic rings. The second-order valence-corrected chi connectivity index (χ2v) is 4.98. The summed E-state index contributed by atoms with van der Waals surface area (Å²) in [4.78, 5) is 2.20. The molecule has 0 spiro atoms. The van der Waals surface area contributed by atoms with Crippen LogP contribution in [0.15, 0.2) is 24.8 Å². The second kappa shape index (κ2) is 6.08. The summed E-state index contributed by atoms with van der Waals surface area (Å²) in [6, 6.07) is 3.83. The molecule has 0 aromatic heterocycles. The summed E-state index contributed by atoms with van der Waals surface area (Å²) in [6.45, 7) is 6.07. The normalized spacial score (nSPS) is 19.6. The van der Waals surface area contributed by atoms with E-state index < -0.39 is 0 Å². The van der Waals surface area contributed by atoms with Crippen molar-refractivity contribution in [2.75, 3.05) is 20.2 Å². The molecule has 4 heteroatoms. The molecule has 4 nitrogen and oxygen atoms in total. The lowest BCUT2D eigenvalue weighted by atomic mass is 10.1. The molecule has 1 aromatic carbocycles. The van der Waals surface area contributed by atoms with Crippen LogP contribution >= 0.6 is 0 Å². The molecular weight excluding hydrogens is 242 g/mol. The number of phenols is 1. The zero-order valence-electron chi connectivity index (χ0n) is 11.3. The van der Waals surface area contributed by atoms with Gasteiger partial charge in [-0.05, 0) is 24.5 Å². The summed E-state index contributed by atoms with van der Waals surface area (Å²) in [5.41, 5.74) is 1.91. The number of hydrogen-bond acceptors (Lipinski definition) is 4. The van der Waals surface area contributed by atoms with Crippen molar-refractivity contribution in [1.29, 1.82) is 0 Å². The van der Waals surface area contributed by atoms with Crippen molar-refractivity contribution in [3.63, 3.8) is 0 Å². The number of aromatic hydroxyl groups is 1. The maximum Gasteiger partial charge on any atom is 0.161 e. The fourth-order valence-electron chi connectivity index (χ4n) is 2.50. The number of hydrogen-bond donors (Lipinski definition) is 2. The summed E-state index contributed by atoms with van der Waals surface area (Å²) in [5.74, 6) is 0.682. The summed E-state index contributed by atoms with van der Waals surface area (Å²) >= 11 is 0. The first-order valence-corrected chi connectivity index (χ1v) is 6.54. The maximum atomic E-state index is 10.0. The van der Waals surface area contributed by atoms with Gasteiger partial charge in [0.05, 0.1) is 13.2 Å². The molecule has 0 bridgehead atoms. The number of aliphatic hydroxyl groups is 1. The Kier molecular flexibility index (Phi) is 4.45. The molecular formula is C15H21NO3. The van der Waals surface area contributed by atoms with Gasteiger partial charge < -0.3 is 14.9 Å². The molecule has 0 radical (unpaired) electrons. The summed E-state index contributed by atoms with van der Waals surface area (Å²) < 4.78 is 5.21. The largest absolute Gasteiger partial charge is 0.504 e. The Hall–Kier alpha value is -1.52. The highest BCUT2D eigenvalue weighted by atomic mass is 16.5. The molecule has 1 fully saturated rings. The van der Waals surface area contributed by atoms with Crippen molar-refractivity contribution in [3.8, 4) is 11.5 Å². The SMILES string of the molecule is C=CCc1cc(CN2CC[C@@H](O)C2)cc(OC)c1O. The van der Waals surface area contributed by atoms with Crippen LogP contribution in [0, 0.1) is 0 Å². The maximum absolute atomic E-state index is 10.0. The number of nitrogens with zero attached hydrogens (tertiary/aromatic N) is 1. The number of allylic oxidation sites excluding steroid dienone is 1. The lowest BCUT2D eigenvalue weighted by Crippen LogP contribution is -2.21. The third kappa shape index (κ3) is 3.28. The van der Waals surface area contributed by atoms with Gasteiger partial charge in [-0.3, -0.25) is 4.90 Å². The van der Waals surface area contributed by atoms with E-state index in [0.717, 1.165) is 30.6 Å². The Balaban J connectivity index is 2.19. The topological polar surface area (TPSA) is 52.9 Å². The molecule has 1 aliphatic rings. The van der Waals surface area contributed by atoms with Crippen LogP contribution in [0.5, 0.6) is 11.5 Å². The van der Waals surface area contributed by atoms with Gasteiger partial charge in [0, 0.05) is 25.2 Å². The van der Waals surface area contributed by atoms with Gasteiger partial charge >= 0.3 is 0 Å². The minimum atomic E-state index is -0.216. The average molecular weight is 263 g/mol. The smallest absolute Gasteiger partial charge is 0.161 e. The van der Waals surface area contributed by atoms with E-state index in [-0.39, 0.29) is 11.9 Å². The molecule has 0 unspecified atom stereocenters. The highest BCUT2D eigenvalue weighted by molar-refractivity contribution is 5.49. The highest BCUT2D eigenvalue weighted by Gasteiger charge is 2.20. The predicted octanol–water partition coefficient (Wildman–Crippen LogP) is 1.70. The van der Waals surface area contributed by atoms with Crippen LogP contribution in [0.3, 0.4) is 0 Å². The molecule has 1 aliphatic heterocycles. The summed E-state index contributed by atoms with van der Waals surface area (Å²) in [5, 5.41) is 19.6. The van der Waals surface area contributed by atoms with Gasteiger partial charge in [0.2, 0.25) is 0 Å². The van der Waals surface area contributed by atoms with Crippen LogP contribution in [-0.4, -0.2) is 41.4 Å². The zero-order valence-corrected chi connectivity index (χ0v) is 11.3. The van der Waals surface area contributed by atoms with Crippen LogP contribution in [0.25, 0.3) is 0 Å². The quantitative estimate of drug-likeness (QED) is 0.794. The Morgan fingerprint density at radius 2 is 2.32 bits per heavy atom. The van der Waals surface area contributed by atoms with Gasteiger partial charge in [-0.25, -0.2) is 0 Å². The van der Waals surface area contributed by atoms with E-state index in [1.807, 2.05) is 12.1 Å². The van der Waals surface area contributed by atoms with Crippen molar-refractivity contribution in [2.24, 2.45) is 0 Å². The van der Waals surface area contributed by atoms with Crippen LogP contribution in [0.1, 0.15) is 17.5 Å². The molecule has 1 saturated heterocycles. The van der Waals surface area contributed by atoms with Crippen LogP contribution in [0.4, 0.5) is 0 Å². The fraction of sp³-hybridized carbons (Fsp3) is 0.467. The number of rotatable bonds is 5. The highest BCUT2D eigenvalue weighted by Crippen LogP contribution is 2.32. The Morgan fingerprint density at radius 1 is 1.53 bits per heavy atom. The predicted molar refractivity (Wildman–Crippen MR) is 74.5 cm³/mol. The van der Waals surface area contributed by atoms with Crippen molar-refractivity contribution in [3.05, 3.63) is 35.9 Å². The van der Waals surface area contributed by atoms with Gasteiger partial charge in [-0.2, -0.15) is 0 Å². The number of benzene rings is 1. The molecule has 0 aliphatic carbocycles. The first kappa shape index (κ1) is 13.9. The second-order valence-electron chi connectivity index (χ2n) is 4.98. The first-order valence-electron chi connectivity index (χ1n) is 6.54. The Labute approximate surface area is 113 Å². The van der Waals surface area contributed by atoms with E-state index in [2.05, 4.69) is 11.5 Å². The minimum Gasteiger partial charge on any atom is -0.504 e. The molecule has 1 heterocycles. The van der Waals surface area contributed by atoms with Crippen molar-refractivity contribution in [2.45, 2.75) is 25.5 Å². The standard InChI is InChI=1S/C15H21NO3/c1-3-4-12-7-11(8-14(19-2)15(12)18)9-16-6-5-13(17)10-16/h3,7-8,13,17-18H,1,4-6,9-10H2,2H3/t13-/m1/s1. The van der Waals surface area contributed by atoms with Crippen molar-refractivity contribution >= 4 is 0 Å². The van der Waals surface area contributed by atoms with Gasteiger partial charge in [-0.1, -0.05) is 12.1 Å². The van der Waals surface area contributed by atoms with E-state index in [1.54, 1.807) is 13.2 Å². The van der Waals surface area contributed by atoms with E-state index in [9.17, 15) is 10.2 Å². The molecule has 19 heavy (non-hydrogen) atoms. The number of methoxy groups -OCH3 is 1. The molecule has 2 rings (SSSR count). The number of aliphatic hydroxyl groups excluding tert-OH is 1. The summed E-state index contributed by atoms with van der Waals surface area (Å²) in [6.07, 6.45) is 2.98. The first-order chi connectivity index (χ1) is 9.13. The van der Waals surface area contributed by atoms with Crippen LogP contribution in [0.2, 0.25) is 0 Å².